The van der Waals surface area contributed by atoms with Crippen molar-refractivity contribution in [2.24, 2.45) is 0 Å². The molecule has 2 atom stereocenters. The second kappa shape index (κ2) is 4.59. The van der Waals surface area contributed by atoms with E-state index in [2.05, 4.69) is 26.1 Å². The van der Waals surface area contributed by atoms with E-state index in [4.69, 9.17) is 0 Å². The van der Waals surface area contributed by atoms with Gasteiger partial charge in [-0.05, 0) is 6.42 Å². The van der Waals surface area contributed by atoms with Crippen LogP contribution in [-0.4, -0.2) is 31.8 Å². The van der Waals surface area contributed by atoms with E-state index in [1.165, 1.54) is 6.20 Å². The SMILES string of the molecule is OC(CCBr)C(O)c1cn[nH]c1. The Morgan fingerprint density at radius 2 is 2.33 bits per heavy atom. The number of hydrogen-bond donors (Lipinski definition) is 3. The van der Waals surface area contributed by atoms with Gasteiger partial charge in [-0.3, -0.25) is 5.10 Å². The van der Waals surface area contributed by atoms with Gasteiger partial charge < -0.3 is 10.2 Å². The van der Waals surface area contributed by atoms with Crippen LogP contribution >= 0.6 is 15.9 Å². The van der Waals surface area contributed by atoms with E-state index in [0.717, 1.165) is 0 Å². The smallest absolute Gasteiger partial charge is 0.108 e. The van der Waals surface area contributed by atoms with E-state index < -0.39 is 12.2 Å². The number of aromatic amines is 1. The molecule has 0 aromatic carbocycles. The van der Waals surface area contributed by atoms with E-state index in [0.29, 0.717) is 17.3 Å². The Hall–Kier alpha value is -0.390. The Kier molecular flexibility index (Phi) is 3.71. The van der Waals surface area contributed by atoms with Crippen LogP contribution in [0.3, 0.4) is 0 Å². The Bertz CT molecular complexity index is 215. The number of alkyl halides is 1. The van der Waals surface area contributed by atoms with Crippen LogP contribution in [0.4, 0.5) is 0 Å². The standard InChI is InChI=1S/C7H11BrN2O2/c8-2-1-6(11)7(12)5-3-9-10-4-5/h3-4,6-7,11-12H,1-2H2,(H,9,10). The summed E-state index contributed by atoms with van der Waals surface area (Å²) in [6.07, 6.45) is 2.01. The van der Waals surface area contributed by atoms with Crippen molar-refractivity contribution in [3.63, 3.8) is 0 Å². The van der Waals surface area contributed by atoms with Crippen molar-refractivity contribution in [1.29, 1.82) is 0 Å². The highest BCUT2D eigenvalue weighted by Crippen LogP contribution is 2.17. The molecule has 0 aliphatic heterocycles. The molecule has 0 aliphatic carbocycles. The summed E-state index contributed by atoms with van der Waals surface area (Å²) in [5, 5.41) is 25.8. The monoisotopic (exact) mass is 234 g/mol. The number of aliphatic hydroxyl groups excluding tert-OH is 2. The molecule has 3 N–H and O–H groups in total. The average molecular weight is 235 g/mol. The van der Waals surface area contributed by atoms with E-state index in [1.54, 1.807) is 6.20 Å². The molecule has 0 amide bonds. The summed E-state index contributed by atoms with van der Waals surface area (Å²) in [6.45, 7) is 0. The Morgan fingerprint density at radius 1 is 1.58 bits per heavy atom. The van der Waals surface area contributed by atoms with Crippen molar-refractivity contribution < 1.29 is 10.2 Å². The molecule has 12 heavy (non-hydrogen) atoms. The van der Waals surface area contributed by atoms with Crippen LogP contribution in [0.5, 0.6) is 0 Å². The minimum absolute atomic E-state index is 0.520. The fourth-order valence-electron chi connectivity index (χ4n) is 0.914. The molecule has 0 radical (unpaired) electrons. The molecule has 1 heterocycles. The zero-order valence-corrected chi connectivity index (χ0v) is 8.03. The summed E-state index contributed by atoms with van der Waals surface area (Å²) in [4.78, 5) is 0. The first-order valence-electron chi connectivity index (χ1n) is 3.66. The fraction of sp³-hybridized carbons (Fsp3) is 0.571. The Labute approximate surface area is 78.7 Å². The van der Waals surface area contributed by atoms with E-state index in [-0.39, 0.29) is 0 Å². The first-order valence-corrected chi connectivity index (χ1v) is 4.78. The van der Waals surface area contributed by atoms with Crippen molar-refractivity contribution in [2.75, 3.05) is 5.33 Å². The molecule has 0 saturated heterocycles. The van der Waals surface area contributed by atoms with Gasteiger partial charge in [0, 0.05) is 17.1 Å². The highest BCUT2D eigenvalue weighted by atomic mass is 79.9. The van der Waals surface area contributed by atoms with Crippen LogP contribution in [0, 0.1) is 0 Å². The van der Waals surface area contributed by atoms with Gasteiger partial charge >= 0.3 is 0 Å². The number of rotatable bonds is 4. The molecule has 0 aliphatic rings. The molecular weight excluding hydrogens is 224 g/mol. The molecule has 1 aromatic heterocycles. The predicted octanol–water partition coefficient (Wildman–Crippen LogP) is 0.589. The molecule has 0 bridgehead atoms. The Morgan fingerprint density at radius 3 is 2.83 bits per heavy atom. The van der Waals surface area contributed by atoms with Gasteiger partial charge in [0.15, 0.2) is 0 Å². The first-order chi connectivity index (χ1) is 5.75. The van der Waals surface area contributed by atoms with Gasteiger partial charge in [0.05, 0.1) is 12.3 Å². The average Bonchev–Trinajstić information content (AvgIpc) is 2.55. The molecule has 68 valence electrons. The lowest BCUT2D eigenvalue weighted by atomic mass is 10.1. The van der Waals surface area contributed by atoms with Crippen LogP contribution < -0.4 is 0 Å². The molecule has 1 aromatic rings. The lowest BCUT2D eigenvalue weighted by Gasteiger charge is -2.14. The maximum atomic E-state index is 9.48. The van der Waals surface area contributed by atoms with Crippen molar-refractivity contribution in [3.8, 4) is 0 Å². The minimum Gasteiger partial charge on any atom is -0.390 e. The number of H-pyrrole nitrogens is 1. The second-order valence-corrected chi connectivity index (χ2v) is 3.31. The van der Waals surface area contributed by atoms with Crippen LogP contribution in [0.25, 0.3) is 0 Å². The van der Waals surface area contributed by atoms with Crippen LogP contribution in [0.1, 0.15) is 18.1 Å². The van der Waals surface area contributed by atoms with Crippen molar-refractivity contribution >= 4 is 15.9 Å². The van der Waals surface area contributed by atoms with Crippen LogP contribution in [-0.2, 0) is 0 Å². The highest BCUT2D eigenvalue weighted by molar-refractivity contribution is 9.09. The number of aliphatic hydroxyl groups is 2. The largest absolute Gasteiger partial charge is 0.390 e. The van der Waals surface area contributed by atoms with Crippen molar-refractivity contribution in [3.05, 3.63) is 18.0 Å². The van der Waals surface area contributed by atoms with Gasteiger partial charge in [-0.2, -0.15) is 5.10 Å². The third-order valence-electron chi connectivity index (χ3n) is 1.63. The number of hydrogen-bond acceptors (Lipinski definition) is 3. The predicted molar refractivity (Wildman–Crippen MR) is 48.0 cm³/mol. The summed E-state index contributed by atoms with van der Waals surface area (Å²) >= 11 is 3.19. The molecule has 5 heteroatoms. The minimum atomic E-state index is -0.846. The summed E-state index contributed by atoms with van der Waals surface area (Å²) in [5.41, 5.74) is 0.614. The van der Waals surface area contributed by atoms with Gasteiger partial charge in [-0.15, -0.1) is 0 Å². The summed E-state index contributed by atoms with van der Waals surface area (Å²) in [7, 11) is 0. The number of aromatic nitrogens is 2. The quantitative estimate of drug-likeness (QED) is 0.669. The third kappa shape index (κ3) is 2.30. The van der Waals surface area contributed by atoms with E-state index in [9.17, 15) is 10.2 Å². The summed E-state index contributed by atoms with van der Waals surface area (Å²) in [5.74, 6) is 0. The van der Waals surface area contributed by atoms with Gasteiger partial charge in [-0.1, -0.05) is 15.9 Å². The van der Waals surface area contributed by atoms with E-state index >= 15 is 0 Å². The molecular formula is C7H11BrN2O2. The number of halogens is 1. The normalized spacial score (nSPS) is 15.9. The van der Waals surface area contributed by atoms with Crippen LogP contribution in [0.2, 0.25) is 0 Å². The summed E-state index contributed by atoms with van der Waals surface area (Å²) < 4.78 is 0. The zero-order valence-electron chi connectivity index (χ0n) is 6.44. The molecule has 0 spiro atoms. The van der Waals surface area contributed by atoms with Crippen molar-refractivity contribution in [1.82, 2.24) is 10.2 Å². The maximum absolute atomic E-state index is 9.48. The van der Waals surface area contributed by atoms with Crippen LogP contribution in [0.15, 0.2) is 12.4 Å². The lowest BCUT2D eigenvalue weighted by molar-refractivity contribution is 0.0174. The molecule has 4 nitrogen and oxygen atoms in total. The lowest BCUT2D eigenvalue weighted by Crippen LogP contribution is -2.17. The molecule has 0 saturated carbocycles. The van der Waals surface area contributed by atoms with Gasteiger partial charge in [0.2, 0.25) is 0 Å². The van der Waals surface area contributed by atoms with Gasteiger partial charge in [0.1, 0.15) is 6.10 Å². The first kappa shape index (κ1) is 9.70. The third-order valence-corrected chi connectivity index (χ3v) is 2.09. The fourth-order valence-corrected chi connectivity index (χ4v) is 1.38. The number of nitrogens with zero attached hydrogens (tertiary/aromatic N) is 1. The molecule has 2 unspecified atom stereocenters. The molecule has 1 rings (SSSR count). The summed E-state index contributed by atoms with van der Waals surface area (Å²) in [6, 6.07) is 0. The second-order valence-electron chi connectivity index (χ2n) is 2.52. The van der Waals surface area contributed by atoms with Crippen molar-refractivity contribution in [2.45, 2.75) is 18.6 Å². The number of nitrogens with one attached hydrogen (secondary N) is 1. The van der Waals surface area contributed by atoms with Gasteiger partial charge in [-0.25, -0.2) is 0 Å². The zero-order chi connectivity index (χ0) is 8.97. The Balaban J connectivity index is 2.53. The molecule has 0 fully saturated rings. The topological polar surface area (TPSA) is 69.1 Å². The van der Waals surface area contributed by atoms with Gasteiger partial charge in [0.25, 0.3) is 0 Å². The maximum Gasteiger partial charge on any atom is 0.108 e. The van der Waals surface area contributed by atoms with E-state index in [1.807, 2.05) is 0 Å². The highest BCUT2D eigenvalue weighted by Gasteiger charge is 2.17.